The first-order valence-corrected chi connectivity index (χ1v) is 11.1. The molecule has 2 heterocycles. The van der Waals surface area contributed by atoms with Crippen LogP contribution in [0.5, 0.6) is 17.2 Å². The molecule has 0 amide bonds. The first-order chi connectivity index (χ1) is 15.3. The summed E-state index contributed by atoms with van der Waals surface area (Å²) in [7, 11) is 0. The highest BCUT2D eigenvalue weighted by Gasteiger charge is 2.23. The van der Waals surface area contributed by atoms with Crippen molar-refractivity contribution < 1.29 is 19.7 Å². The summed E-state index contributed by atoms with van der Waals surface area (Å²) in [6.07, 6.45) is 1.18. The second-order valence-electron chi connectivity index (χ2n) is 8.92. The second kappa shape index (κ2) is 9.22. The van der Waals surface area contributed by atoms with Crippen molar-refractivity contribution in [3.8, 4) is 28.6 Å². The van der Waals surface area contributed by atoms with E-state index in [-0.39, 0.29) is 33.6 Å². The molecular weight excluding hydrogens is 408 g/mol. The van der Waals surface area contributed by atoms with Crippen LogP contribution in [0.1, 0.15) is 25.8 Å². The monoisotopic (exact) mass is 438 g/mol. The number of aromatic hydroxyl groups is 3. The van der Waals surface area contributed by atoms with E-state index in [0.717, 1.165) is 32.7 Å². The zero-order chi connectivity index (χ0) is 22.8. The molecule has 0 bridgehead atoms. The highest BCUT2D eigenvalue weighted by atomic mass is 16.3. The van der Waals surface area contributed by atoms with Crippen LogP contribution in [0.3, 0.4) is 0 Å². The van der Waals surface area contributed by atoms with Gasteiger partial charge in [-0.3, -0.25) is 9.69 Å². The topological polar surface area (TPSA) is 97.4 Å². The van der Waals surface area contributed by atoms with Gasteiger partial charge in [-0.2, -0.15) is 0 Å². The molecule has 3 N–H and O–H groups in total. The lowest BCUT2D eigenvalue weighted by Crippen LogP contribution is -2.46. The Morgan fingerprint density at radius 2 is 1.59 bits per heavy atom. The summed E-state index contributed by atoms with van der Waals surface area (Å²) in [5, 5.41) is 30.5. The highest BCUT2D eigenvalue weighted by molar-refractivity contribution is 5.89. The number of phenols is 3. The minimum absolute atomic E-state index is 0.0656. The summed E-state index contributed by atoms with van der Waals surface area (Å²) in [5.74, 6) is 0.709. The third-order valence-electron chi connectivity index (χ3n) is 6.08. The average molecular weight is 439 g/mol. The van der Waals surface area contributed by atoms with Gasteiger partial charge in [-0.15, -0.1) is 0 Å². The summed E-state index contributed by atoms with van der Waals surface area (Å²) < 4.78 is 6.05. The number of benzene rings is 2. The summed E-state index contributed by atoms with van der Waals surface area (Å²) in [5.41, 5.74) is 0.924. The van der Waals surface area contributed by atoms with E-state index < -0.39 is 0 Å². The predicted molar refractivity (Wildman–Crippen MR) is 124 cm³/mol. The third kappa shape index (κ3) is 4.74. The van der Waals surface area contributed by atoms with Crippen LogP contribution in [0.2, 0.25) is 0 Å². The van der Waals surface area contributed by atoms with Crippen molar-refractivity contribution in [2.75, 3.05) is 32.7 Å². The van der Waals surface area contributed by atoms with Crippen molar-refractivity contribution in [3.05, 3.63) is 52.2 Å². The fourth-order valence-electron chi connectivity index (χ4n) is 4.11. The van der Waals surface area contributed by atoms with Crippen molar-refractivity contribution in [2.45, 2.75) is 26.8 Å². The zero-order valence-electron chi connectivity index (χ0n) is 18.5. The Hall–Kier alpha value is -3.03. The number of fused-ring (bicyclic) bond motifs is 1. The fourth-order valence-corrected chi connectivity index (χ4v) is 4.11. The van der Waals surface area contributed by atoms with Crippen molar-refractivity contribution >= 4 is 11.0 Å². The normalized spacial score (nSPS) is 15.6. The fraction of sp³-hybridized carbons (Fsp3) is 0.400. The molecule has 1 aliphatic rings. The summed E-state index contributed by atoms with van der Waals surface area (Å²) in [6, 6.07) is 8.87. The van der Waals surface area contributed by atoms with Crippen molar-refractivity contribution in [3.63, 3.8) is 0 Å². The standard InChI is InChI=1S/C25H30N2O5/c1-16(2)7-8-26-9-11-27(12-10-26)15-19-20(29)13-21(30)24-22(31)14-23(32-25(19)24)17-3-5-18(28)6-4-17/h3-6,13-14,16,28-30H,7-12,15H2,1-2H3. The molecule has 4 rings (SSSR count). The Bertz CT molecular complexity index is 1150. The molecule has 1 saturated heterocycles. The molecule has 1 aliphatic heterocycles. The van der Waals surface area contributed by atoms with Crippen molar-refractivity contribution in [1.29, 1.82) is 0 Å². The van der Waals surface area contributed by atoms with Crippen LogP contribution in [0, 0.1) is 5.92 Å². The maximum atomic E-state index is 12.8. The maximum absolute atomic E-state index is 12.8. The van der Waals surface area contributed by atoms with E-state index >= 15 is 0 Å². The highest BCUT2D eigenvalue weighted by Crippen LogP contribution is 2.36. The van der Waals surface area contributed by atoms with Crippen LogP contribution in [0.25, 0.3) is 22.3 Å². The molecule has 0 unspecified atom stereocenters. The lowest BCUT2D eigenvalue weighted by molar-refractivity contribution is 0.122. The van der Waals surface area contributed by atoms with Crippen LogP contribution in [0.15, 0.2) is 45.6 Å². The molecule has 3 aromatic rings. The largest absolute Gasteiger partial charge is 0.508 e. The van der Waals surface area contributed by atoms with Gasteiger partial charge < -0.3 is 24.6 Å². The van der Waals surface area contributed by atoms with Gasteiger partial charge in [0.05, 0.1) is 5.56 Å². The van der Waals surface area contributed by atoms with Gasteiger partial charge >= 0.3 is 0 Å². The van der Waals surface area contributed by atoms with Gasteiger partial charge in [0, 0.05) is 50.4 Å². The Morgan fingerprint density at radius 3 is 2.25 bits per heavy atom. The smallest absolute Gasteiger partial charge is 0.197 e. The number of phenolic OH excluding ortho intramolecular Hbond substituents is 3. The van der Waals surface area contributed by atoms with Crippen LogP contribution >= 0.6 is 0 Å². The lowest BCUT2D eigenvalue weighted by Gasteiger charge is -2.35. The molecular formula is C25H30N2O5. The molecule has 0 radical (unpaired) electrons. The van der Waals surface area contributed by atoms with Gasteiger partial charge in [-0.1, -0.05) is 13.8 Å². The van der Waals surface area contributed by atoms with Crippen LogP contribution in [0.4, 0.5) is 0 Å². The maximum Gasteiger partial charge on any atom is 0.197 e. The molecule has 0 aliphatic carbocycles. The van der Waals surface area contributed by atoms with E-state index in [1.807, 2.05) is 0 Å². The molecule has 7 heteroatoms. The van der Waals surface area contributed by atoms with Gasteiger partial charge in [-0.05, 0) is 43.1 Å². The molecule has 0 atom stereocenters. The Morgan fingerprint density at radius 1 is 0.938 bits per heavy atom. The SMILES string of the molecule is CC(C)CCN1CCN(Cc2c(O)cc(O)c3c(=O)cc(-c4ccc(O)cc4)oc23)CC1. The van der Waals surface area contributed by atoms with E-state index in [2.05, 4.69) is 23.6 Å². The van der Waals surface area contributed by atoms with Crippen molar-refractivity contribution in [2.24, 2.45) is 5.92 Å². The van der Waals surface area contributed by atoms with Crippen LogP contribution in [-0.4, -0.2) is 57.8 Å². The van der Waals surface area contributed by atoms with E-state index in [1.54, 1.807) is 12.1 Å². The third-order valence-corrected chi connectivity index (χ3v) is 6.08. The Balaban J connectivity index is 1.64. The molecule has 1 fully saturated rings. The minimum atomic E-state index is -0.383. The summed E-state index contributed by atoms with van der Waals surface area (Å²) >= 11 is 0. The molecule has 170 valence electrons. The molecule has 2 aromatic carbocycles. The number of hydrogen-bond acceptors (Lipinski definition) is 7. The number of hydrogen-bond donors (Lipinski definition) is 3. The van der Waals surface area contributed by atoms with Crippen LogP contribution in [-0.2, 0) is 6.54 Å². The average Bonchev–Trinajstić information content (AvgIpc) is 2.76. The first kappa shape index (κ1) is 22.2. The molecule has 0 saturated carbocycles. The lowest BCUT2D eigenvalue weighted by atomic mass is 10.1. The quantitative estimate of drug-likeness (QED) is 0.539. The zero-order valence-corrected chi connectivity index (χ0v) is 18.5. The summed E-state index contributed by atoms with van der Waals surface area (Å²) in [4.78, 5) is 17.5. The van der Waals surface area contributed by atoms with E-state index in [0.29, 0.717) is 29.3 Å². The number of piperazine rings is 1. The molecule has 32 heavy (non-hydrogen) atoms. The van der Waals surface area contributed by atoms with Crippen LogP contribution < -0.4 is 5.43 Å². The number of nitrogens with zero attached hydrogens (tertiary/aromatic N) is 2. The minimum Gasteiger partial charge on any atom is -0.508 e. The Labute approximate surface area is 187 Å². The Kier molecular flexibility index (Phi) is 6.39. The molecule has 0 spiro atoms. The van der Waals surface area contributed by atoms with Gasteiger partial charge in [0.15, 0.2) is 11.0 Å². The second-order valence-corrected chi connectivity index (χ2v) is 8.92. The van der Waals surface area contributed by atoms with Gasteiger partial charge in [0.1, 0.15) is 28.4 Å². The molecule has 7 nitrogen and oxygen atoms in total. The number of rotatable bonds is 6. The van der Waals surface area contributed by atoms with E-state index in [1.165, 1.54) is 30.7 Å². The van der Waals surface area contributed by atoms with Crippen molar-refractivity contribution in [1.82, 2.24) is 9.80 Å². The van der Waals surface area contributed by atoms with Gasteiger partial charge in [0.2, 0.25) is 0 Å². The van der Waals surface area contributed by atoms with Gasteiger partial charge in [-0.25, -0.2) is 0 Å². The first-order valence-electron chi connectivity index (χ1n) is 11.1. The predicted octanol–water partition coefficient (Wildman–Crippen LogP) is 3.74. The summed E-state index contributed by atoms with van der Waals surface area (Å²) in [6.45, 7) is 9.57. The van der Waals surface area contributed by atoms with Gasteiger partial charge in [0.25, 0.3) is 0 Å². The van der Waals surface area contributed by atoms with E-state index in [9.17, 15) is 20.1 Å². The van der Waals surface area contributed by atoms with E-state index in [4.69, 9.17) is 4.42 Å². The molecule has 1 aromatic heterocycles.